The first-order chi connectivity index (χ1) is 9.02. The van der Waals surface area contributed by atoms with Gasteiger partial charge in [0, 0.05) is 5.02 Å². The molecule has 1 N–H and O–H groups in total. The smallest absolute Gasteiger partial charge is 0.156 e. The minimum Gasteiger partial charge on any atom is -0.338 e. The van der Waals surface area contributed by atoms with Gasteiger partial charge in [-0.15, -0.1) is 0 Å². The molecule has 2 rings (SSSR count). The fourth-order valence-corrected chi connectivity index (χ4v) is 2.05. The van der Waals surface area contributed by atoms with Gasteiger partial charge in [-0.25, -0.2) is 9.97 Å². The highest BCUT2D eigenvalue weighted by Crippen LogP contribution is 2.31. The monoisotopic (exact) mass is 315 g/mol. The highest BCUT2D eigenvalue weighted by atomic mass is 35.5. The first-order valence-corrected chi connectivity index (χ1v) is 6.34. The summed E-state index contributed by atoms with van der Waals surface area (Å²) in [7, 11) is 0. The number of halogens is 3. The Balaban J connectivity index is 2.45. The molecular weight excluding hydrogens is 309 g/mol. The van der Waals surface area contributed by atoms with E-state index in [1.165, 1.54) is 6.33 Å². The fourth-order valence-electron chi connectivity index (χ4n) is 1.45. The summed E-state index contributed by atoms with van der Waals surface area (Å²) in [6.45, 7) is 1.84. The van der Waals surface area contributed by atoms with Gasteiger partial charge in [0.05, 0.1) is 16.3 Å². The van der Waals surface area contributed by atoms with E-state index in [0.29, 0.717) is 22.0 Å². The highest BCUT2D eigenvalue weighted by Gasteiger charge is 2.11. The summed E-state index contributed by atoms with van der Waals surface area (Å²) < 4.78 is 0. The molecule has 1 heterocycles. The van der Waals surface area contributed by atoms with E-state index in [2.05, 4.69) is 15.3 Å². The Morgan fingerprint density at radius 3 is 2.58 bits per heavy atom. The molecule has 0 fully saturated rings. The Morgan fingerprint density at radius 1 is 1.16 bits per heavy atom. The highest BCUT2D eigenvalue weighted by molar-refractivity contribution is 6.36. The first-order valence-electron chi connectivity index (χ1n) is 5.21. The zero-order valence-electron chi connectivity index (χ0n) is 9.75. The number of aryl methyl sites for hydroxylation is 1. The average molecular weight is 317 g/mol. The molecule has 0 atom stereocenters. The molecule has 0 aliphatic heterocycles. The summed E-state index contributed by atoms with van der Waals surface area (Å²) in [5, 5.41) is 4.01. The van der Waals surface area contributed by atoms with E-state index in [1.54, 1.807) is 12.1 Å². The third-order valence-electron chi connectivity index (χ3n) is 2.45. The Labute approximate surface area is 124 Å². The van der Waals surface area contributed by atoms with Crippen LogP contribution in [-0.4, -0.2) is 16.3 Å². The molecule has 1 aromatic heterocycles. The maximum atomic E-state index is 11.0. The maximum absolute atomic E-state index is 11.0. The molecule has 1 aromatic carbocycles. The van der Waals surface area contributed by atoms with Crippen LogP contribution in [-0.2, 0) is 0 Å². The summed E-state index contributed by atoms with van der Waals surface area (Å²) in [6.07, 6.45) is 1.83. The zero-order valence-corrected chi connectivity index (χ0v) is 12.0. The van der Waals surface area contributed by atoms with Crippen LogP contribution in [0.2, 0.25) is 15.2 Å². The Kier molecular flexibility index (Phi) is 4.24. The van der Waals surface area contributed by atoms with Crippen molar-refractivity contribution >= 4 is 52.6 Å². The van der Waals surface area contributed by atoms with E-state index >= 15 is 0 Å². The van der Waals surface area contributed by atoms with Gasteiger partial charge >= 0.3 is 0 Å². The molecule has 4 nitrogen and oxygen atoms in total. The lowest BCUT2D eigenvalue weighted by Crippen LogP contribution is -2.01. The number of benzene rings is 1. The molecule has 0 radical (unpaired) electrons. The lowest BCUT2D eigenvalue weighted by atomic mass is 10.2. The summed E-state index contributed by atoms with van der Waals surface area (Å²) in [5.74, 6) is 0.275. The van der Waals surface area contributed by atoms with Gasteiger partial charge in [-0.05, 0) is 24.6 Å². The number of carbonyl (C=O) groups excluding carboxylic acids is 1. The van der Waals surface area contributed by atoms with Crippen molar-refractivity contribution in [2.45, 2.75) is 6.92 Å². The van der Waals surface area contributed by atoms with Crippen molar-refractivity contribution in [3.8, 4) is 0 Å². The Morgan fingerprint density at radius 2 is 1.89 bits per heavy atom. The molecule has 0 saturated heterocycles. The number of aromatic nitrogens is 2. The Hall–Kier alpha value is -1.36. The van der Waals surface area contributed by atoms with Gasteiger partial charge in [0.1, 0.15) is 17.3 Å². The average Bonchev–Trinajstić information content (AvgIpc) is 2.36. The molecule has 0 unspecified atom stereocenters. The number of anilines is 2. The largest absolute Gasteiger partial charge is 0.338 e. The molecule has 0 amide bonds. The van der Waals surface area contributed by atoms with Gasteiger partial charge in [-0.3, -0.25) is 4.79 Å². The predicted molar refractivity (Wildman–Crippen MR) is 76.9 cm³/mol. The second kappa shape index (κ2) is 5.74. The molecular formula is C12H8Cl3N3O. The number of rotatable bonds is 3. The fraction of sp³-hybridized carbons (Fsp3) is 0.0833. The standard InChI is InChI=1S/C12H8Cl3N3O/c1-6-2-9(14)10(3-8(6)13)18-12-7(4-19)11(15)16-5-17-12/h2-5H,1H3,(H,16,17,18). The van der Waals surface area contributed by atoms with Crippen LogP contribution in [0.15, 0.2) is 18.5 Å². The van der Waals surface area contributed by atoms with Crippen LogP contribution in [0.4, 0.5) is 11.5 Å². The molecule has 0 aliphatic rings. The SMILES string of the molecule is Cc1cc(Cl)c(Nc2ncnc(Cl)c2C=O)cc1Cl. The number of aldehydes is 1. The molecule has 98 valence electrons. The molecule has 19 heavy (non-hydrogen) atoms. The van der Waals surface area contributed by atoms with Gasteiger partial charge in [-0.2, -0.15) is 0 Å². The van der Waals surface area contributed by atoms with E-state index < -0.39 is 0 Å². The van der Waals surface area contributed by atoms with Crippen LogP contribution in [0.1, 0.15) is 15.9 Å². The van der Waals surface area contributed by atoms with E-state index in [1.807, 2.05) is 6.92 Å². The van der Waals surface area contributed by atoms with Crippen LogP contribution in [0.5, 0.6) is 0 Å². The summed E-state index contributed by atoms with van der Waals surface area (Å²) >= 11 is 17.9. The third-order valence-corrected chi connectivity index (χ3v) is 3.48. The van der Waals surface area contributed by atoms with Crippen molar-refractivity contribution in [3.63, 3.8) is 0 Å². The second-order valence-electron chi connectivity index (χ2n) is 3.75. The third kappa shape index (κ3) is 2.97. The Bertz CT molecular complexity index is 646. The minimum absolute atomic E-state index is 0.0711. The normalized spacial score (nSPS) is 10.3. The van der Waals surface area contributed by atoms with Gasteiger partial charge in [0.25, 0.3) is 0 Å². The van der Waals surface area contributed by atoms with Crippen molar-refractivity contribution in [1.82, 2.24) is 9.97 Å². The van der Waals surface area contributed by atoms with Crippen LogP contribution in [0, 0.1) is 6.92 Å². The summed E-state index contributed by atoms with van der Waals surface area (Å²) in [4.78, 5) is 18.7. The minimum atomic E-state index is 0.0711. The van der Waals surface area contributed by atoms with Crippen LogP contribution in [0.25, 0.3) is 0 Å². The van der Waals surface area contributed by atoms with E-state index in [0.717, 1.165) is 5.56 Å². The predicted octanol–water partition coefficient (Wildman–Crippen LogP) is 4.30. The summed E-state index contributed by atoms with van der Waals surface area (Å²) in [6, 6.07) is 3.37. The summed E-state index contributed by atoms with van der Waals surface area (Å²) in [5.41, 5.74) is 1.56. The molecule has 7 heteroatoms. The zero-order chi connectivity index (χ0) is 14.0. The molecule has 0 bridgehead atoms. The number of hydrogen-bond acceptors (Lipinski definition) is 4. The van der Waals surface area contributed by atoms with Crippen LogP contribution < -0.4 is 5.32 Å². The van der Waals surface area contributed by atoms with Crippen molar-refractivity contribution in [3.05, 3.63) is 44.8 Å². The van der Waals surface area contributed by atoms with Gasteiger partial charge < -0.3 is 5.32 Å². The number of hydrogen-bond donors (Lipinski definition) is 1. The number of nitrogens with zero attached hydrogens (tertiary/aromatic N) is 2. The van der Waals surface area contributed by atoms with Crippen molar-refractivity contribution in [2.75, 3.05) is 5.32 Å². The number of carbonyl (C=O) groups is 1. The first kappa shape index (κ1) is 14.1. The van der Waals surface area contributed by atoms with Gasteiger partial charge in [-0.1, -0.05) is 34.8 Å². The molecule has 2 aromatic rings. The van der Waals surface area contributed by atoms with E-state index in [9.17, 15) is 4.79 Å². The van der Waals surface area contributed by atoms with Crippen molar-refractivity contribution < 1.29 is 4.79 Å². The van der Waals surface area contributed by atoms with Gasteiger partial charge in [0.2, 0.25) is 0 Å². The quantitative estimate of drug-likeness (QED) is 0.677. The van der Waals surface area contributed by atoms with E-state index in [4.69, 9.17) is 34.8 Å². The van der Waals surface area contributed by atoms with Crippen LogP contribution in [0.3, 0.4) is 0 Å². The molecule has 0 aliphatic carbocycles. The molecule has 0 saturated carbocycles. The second-order valence-corrected chi connectivity index (χ2v) is 4.92. The van der Waals surface area contributed by atoms with E-state index in [-0.39, 0.29) is 16.5 Å². The van der Waals surface area contributed by atoms with Crippen molar-refractivity contribution in [1.29, 1.82) is 0 Å². The van der Waals surface area contributed by atoms with Crippen LogP contribution >= 0.6 is 34.8 Å². The molecule has 0 spiro atoms. The lowest BCUT2D eigenvalue weighted by molar-refractivity contribution is 0.112. The maximum Gasteiger partial charge on any atom is 0.156 e. The topological polar surface area (TPSA) is 54.9 Å². The van der Waals surface area contributed by atoms with Gasteiger partial charge in [0.15, 0.2) is 6.29 Å². The lowest BCUT2D eigenvalue weighted by Gasteiger charge is -2.11. The van der Waals surface area contributed by atoms with Crippen molar-refractivity contribution in [2.24, 2.45) is 0 Å². The number of nitrogens with one attached hydrogen (secondary N) is 1.